The fourth-order valence-electron chi connectivity index (χ4n) is 2.84. The summed E-state index contributed by atoms with van der Waals surface area (Å²) in [5, 5.41) is 8.87. The van der Waals surface area contributed by atoms with Crippen LogP contribution in [0.5, 0.6) is 0 Å². The summed E-state index contributed by atoms with van der Waals surface area (Å²) in [7, 11) is 0. The number of carbonyl (C=O) groups is 2. The summed E-state index contributed by atoms with van der Waals surface area (Å²) in [4.78, 5) is 21.6. The predicted octanol–water partition coefficient (Wildman–Crippen LogP) is 1.08. The summed E-state index contributed by atoms with van der Waals surface area (Å²) in [6.45, 7) is 0. The molecule has 3 atom stereocenters. The van der Waals surface area contributed by atoms with E-state index in [9.17, 15) is 9.59 Å². The molecule has 2 saturated carbocycles. The summed E-state index contributed by atoms with van der Waals surface area (Å²) in [5.74, 6) is -0.686. The van der Waals surface area contributed by atoms with Gasteiger partial charge in [0.05, 0.1) is 5.92 Å². The topological polar surface area (TPSA) is 54.4 Å². The Bertz CT molecular complexity index is 236. The van der Waals surface area contributed by atoms with Crippen LogP contribution >= 0.6 is 0 Å². The Morgan fingerprint density at radius 3 is 2.75 bits per heavy atom. The number of hydrogen-bond acceptors (Lipinski definition) is 2. The minimum atomic E-state index is -0.788. The zero-order valence-corrected chi connectivity index (χ0v) is 6.82. The number of rotatable bonds is 2. The third-order valence-electron chi connectivity index (χ3n) is 3.48. The van der Waals surface area contributed by atoms with E-state index in [1.807, 2.05) is 0 Å². The van der Waals surface area contributed by atoms with Crippen molar-refractivity contribution in [3.05, 3.63) is 0 Å². The largest absolute Gasteiger partial charge is 0.481 e. The van der Waals surface area contributed by atoms with Crippen LogP contribution in [0.25, 0.3) is 0 Å². The molecule has 0 aromatic rings. The van der Waals surface area contributed by atoms with Crippen molar-refractivity contribution >= 4 is 12.3 Å². The quantitative estimate of drug-likeness (QED) is 0.627. The van der Waals surface area contributed by atoms with Crippen LogP contribution in [0.4, 0.5) is 0 Å². The molecule has 3 nitrogen and oxygen atoms in total. The monoisotopic (exact) mass is 168 g/mol. The summed E-state index contributed by atoms with van der Waals surface area (Å²) < 4.78 is 0. The first-order valence-corrected chi connectivity index (χ1v) is 4.37. The van der Waals surface area contributed by atoms with Gasteiger partial charge in [0, 0.05) is 5.41 Å². The highest BCUT2D eigenvalue weighted by molar-refractivity contribution is 5.78. The molecular weight excluding hydrogens is 156 g/mol. The molecular formula is C9H12O3. The second kappa shape index (κ2) is 2.31. The third-order valence-corrected chi connectivity index (χ3v) is 3.48. The highest BCUT2D eigenvalue weighted by atomic mass is 16.4. The van der Waals surface area contributed by atoms with Gasteiger partial charge in [0.25, 0.3) is 0 Å². The molecule has 2 rings (SSSR count). The van der Waals surface area contributed by atoms with Gasteiger partial charge in [-0.15, -0.1) is 0 Å². The maximum atomic E-state index is 10.8. The smallest absolute Gasteiger partial charge is 0.307 e. The van der Waals surface area contributed by atoms with Crippen LogP contribution in [-0.4, -0.2) is 17.4 Å². The van der Waals surface area contributed by atoms with E-state index in [1.165, 1.54) is 0 Å². The Morgan fingerprint density at radius 1 is 1.58 bits per heavy atom. The summed E-state index contributed by atoms with van der Waals surface area (Å²) >= 11 is 0. The number of aldehydes is 1. The fourth-order valence-corrected chi connectivity index (χ4v) is 2.84. The van der Waals surface area contributed by atoms with E-state index in [2.05, 4.69) is 0 Å². The molecule has 0 amide bonds. The molecule has 66 valence electrons. The highest BCUT2D eigenvalue weighted by Crippen LogP contribution is 2.56. The number of fused-ring (bicyclic) bond motifs is 2. The summed E-state index contributed by atoms with van der Waals surface area (Å²) in [6.07, 6.45) is 4.25. The molecule has 0 aliphatic heterocycles. The van der Waals surface area contributed by atoms with E-state index < -0.39 is 17.3 Å². The van der Waals surface area contributed by atoms with E-state index in [0.29, 0.717) is 12.3 Å². The Kier molecular flexibility index (Phi) is 1.50. The Labute approximate surface area is 70.8 Å². The Morgan fingerprint density at radius 2 is 2.33 bits per heavy atom. The Balaban J connectivity index is 2.28. The second-order valence-corrected chi connectivity index (χ2v) is 4.09. The Hall–Kier alpha value is -0.860. The lowest BCUT2D eigenvalue weighted by molar-refractivity contribution is -0.148. The fraction of sp³-hybridized carbons (Fsp3) is 0.778. The maximum Gasteiger partial charge on any atom is 0.307 e. The molecule has 1 N–H and O–H groups in total. The van der Waals surface area contributed by atoms with Crippen LogP contribution in [0.3, 0.4) is 0 Å². The third kappa shape index (κ3) is 0.822. The lowest BCUT2D eigenvalue weighted by atomic mass is 9.76. The summed E-state index contributed by atoms with van der Waals surface area (Å²) in [6, 6.07) is 0. The van der Waals surface area contributed by atoms with E-state index in [0.717, 1.165) is 25.5 Å². The first-order valence-electron chi connectivity index (χ1n) is 4.37. The van der Waals surface area contributed by atoms with Crippen molar-refractivity contribution in [1.29, 1.82) is 0 Å². The highest BCUT2D eigenvalue weighted by Gasteiger charge is 2.55. The number of hydrogen-bond donors (Lipinski definition) is 1. The van der Waals surface area contributed by atoms with Crippen molar-refractivity contribution in [3.8, 4) is 0 Å². The average Bonchev–Trinajstić information content (AvgIpc) is 2.60. The number of carboxylic acid groups (broad SMARTS) is 1. The molecule has 3 heteroatoms. The molecule has 2 fully saturated rings. The van der Waals surface area contributed by atoms with Gasteiger partial charge in [0.2, 0.25) is 0 Å². The molecule has 3 unspecified atom stereocenters. The van der Waals surface area contributed by atoms with Gasteiger partial charge in [-0.3, -0.25) is 4.79 Å². The van der Waals surface area contributed by atoms with Gasteiger partial charge in [-0.25, -0.2) is 0 Å². The number of carbonyl (C=O) groups excluding carboxylic acids is 1. The summed E-state index contributed by atoms with van der Waals surface area (Å²) in [5.41, 5.74) is -0.490. The van der Waals surface area contributed by atoms with E-state index in [4.69, 9.17) is 5.11 Å². The van der Waals surface area contributed by atoms with Crippen molar-refractivity contribution in [2.75, 3.05) is 0 Å². The van der Waals surface area contributed by atoms with Gasteiger partial charge in [-0.05, 0) is 31.6 Å². The minimum absolute atomic E-state index is 0.395. The van der Waals surface area contributed by atoms with Crippen LogP contribution in [0.15, 0.2) is 0 Å². The van der Waals surface area contributed by atoms with Gasteiger partial charge < -0.3 is 9.90 Å². The molecule has 0 spiro atoms. The molecule has 2 bridgehead atoms. The zero-order chi connectivity index (χ0) is 8.77. The SMILES string of the molecule is O=CC12CCC(CC1C(=O)O)C2. The van der Waals surface area contributed by atoms with E-state index in [1.54, 1.807) is 0 Å². The van der Waals surface area contributed by atoms with Crippen molar-refractivity contribution in [1.82, 2.24) is 0 Å². The van der Waals surface area contributed by atoms with E-state index in [-0.39, 0.29) is 0 Å². The molecule has 0 heterocycles. The van der Waals surface area contributed by atoms with Crippen LogP contribution < -0.4 is 0 Å². The maximum absolute atomic E-state index is 10.8. The van der Waals surface area contributed by atoms with Crippen molar-refractivity contribution < 1.29 is 14.7 Å². The molecule has 0 aromatic heterocycles. The van der Waals surface area contributed by atoms with Gasteiger partial charge in [0.1, 0.15) is 6.29 Å². The zero-order valence-electron chi connectivity index (χ0n) is 6.82. The van der Waals surface area contributed by atoms with Gasteiger partial charge >= 0.3 is 5.97 Å². The van der Waals surface area contributed by atoms with Gasteiger partial charge in [-0.2, -0.15) is 0 Å². The van der Waals surface area contributed by atoms with Crippen LogP contribution in [0.1, 0.15) is 25.7 Å². The molecule has 0 radical (unpaired) electrons. The molecule has 0 aromatic carbocycles. The normalized spacial score (nSPS) is 44.7. The molecule has 2 aliphatic carbocycles. The number of aliphatic carboxylic acids is 1. The first kappa shape index (κ1) is 7.77. The predicted molar refractivity (Wildman–Crippen MR) is 41.6 cm³/mol. The minimum Gasteiger partial charge on any atom is -0.481 e. The van der Waals surface area contributed by atoms with Crippen molar-refractivity contribution in [2.45, 2.75) is 25.7 Å². The van der Waals surface area contributed by atoms with Crippen LogP contribution in [-0.2, 0) is 9.59 Å². The lowest BCUT2D eigenvalue weighted by Crippen LogP contribution is -2.32. The van der Waals surface area contributed by atoms with Gasteiger partial charge in [-0.1, -0.05) is 0 Å². The average molecular weight is 168 g/mol. The van der Waals surface area contributed by atoms with Crippen molar-refractivity contribution in [3.63, 3.8) is 0 Å². The molecule has 2 aliphatic rings. The second-order valence-electron chi connectivity index (χ2n) is 4.09. The van der Waals surface area contributed by atoms with Gasteiger partial charge in [0.15, 0.2) is 0 Å². The standard InChI is InChI=1S/C9H12O3/c10-5-9-2-1-6(4-9)3-7(9)8(11)12/h5-7H,1-4H2,(H,11,12). The van der Waals surface area contributed by atoms with E-state index >= 15 is 0 Å². The van der Waals surface area contributed by atoms with Crippen LogP contribution in [0, 0.1) is 17.3 Å². The van der Waals surface area contributed by atoms with Crippen LogP contribution in [0.2, 0.25) is 0 Å². The molecule has 0 saturated heterocycles. The first-order chi connectivity index (χ1) is 5.68. The lowest BCUT2D eigenvalue weighted by Gasteiger charge is -2.25. The molecule has 12 heavy (non-hydrogen) atoms. The van der Waals surface area contributed by atoms with Crippen molar-refractivity contribution in [2.24, 2.45) is 17.3 Å². The number of carboxylic acids is 1.